The normalized spacial score (nSPS) is 21.3. The molecular weight excluding hydrogens is 568 g/mol. The van der Waals surface area contributed by atoms with Crippen molar-refractivity contribution in [3.8, 4) is 5.69 Å². The van der Waals surface area contributed by atoms with Crippen molar-refractivity contribution in [3.63, 3.8) is 0 Å². The average Bonchev–Trinajstić information content (AvgIpc) is 2.83. The maximum absolute atomic E-state index is 13.6. The molecule has 0 spiro atoms. The largest absolute Gasteiger partial charge is 0.456 e. The molecule has 0 saturated carbocycles. The van der Waals surface area contributed by atoms with Crippen LogP contribution in [0.25, 0.3) is 16.6 Å². The number of aromatic nitrogens is 2. The van der Waals surface area contributed by atoms with Crippen molar-refractivity contribution in [2.24, 2.45) is 0 Å². The lowest BCUT2D eigenvalue weighted by molar-refractivity contribution is -0.213. The minimum atomic E-state index is -1.16. The summed E-state index contributed by atoms with van der Waals surface area (Å²) < 4.78 is 24.3. The van der Waals surface area contributed by atoms with Crippen LogP contribution >= 0.6 is 27.7 Å². The van der Waals surface area contributed by atoms with E-state index in [2.05, 4.69) is 15.9 Å². The SMILES string of the molecule is CC(=O)O[C@H]1[C@H](OC(C)=O)[C@H](OC(C)=O)CO[C@@H]1Sc1nc2ccc(Br)cc2c(=O)n1-c1ccccc1. The van der Waals surface area contributed by atoms with Gasteiger partial charge in [0, 0.05) is 25.2 Å². The summed E-state index contributed by atoms with van der Waals surface area (Å²) in [5, 5.41) is 0.664. The molecule has 12 heteroatoms. The monoisotopic (exact) mass is 590 g/mol. The van der Waals surface area contributed by atoms with E-state index in [1.165, 1.54) is 25.3 Å². The first-order valence-electron chi connectivity index (χ1n) is 11.2. The van der Waals surface area contributed by atoms with Crippen LogP contribution in [0.2, 0.25) is 0 Å². The number of carbonyl (C=O) groups excluding carboxylic acids is 3. The molecule has 10 nitrogen and oxygen atoms in total. The second kappa shape index (κ2) is 11.4. The lowest BCUT2D eigenvalue weighted by atomic mass is 10.1. The number of esters is 3. The fourth-order valence-electron chi connectivity index (χ4n) is 3.94. The van der Waals surface area contributed by atoms with Gasteiger partial charge in [0.15, 0.2) is 28.9 Å². The second-order valence-corrected chi connectivity index (χ2v) is 10.1. The van der Waals surface area contributed by atoms with Crippen molar-refractivity contribution in [2.45, 2.75) is 49.7 Å². The number of fused-ring (bicyclic) bond motifs is 1. The zero-order valence-electron chi connectivity index (χ0n) is 20.1. The number of benzene rings is 2. The minimum absolute atomic E-state index is 0.136. The van der Waals surface area contributed by atoms with E-state index in [4.69, 9.17) is 23.9 Å². The Balaban J connectivity index is 1.81. The predicted octanol–water partition coefficient (Wildman–Crippen LogP) is 3.39. The zero-order chi connectivity index (χ0) is 26.7. The van der Waals surface area contributed by atoms with Crippen LogP contribution in [0, 0.1) is 0 Å². The summed E-state index contributed by atoms with van der Waals surface area (Å²) in [7, 11) is 0. The van der Waals surface area contributed by atoms with Crippen LogP contribution < -0.4 is 5.56 Å². The highest BCUT2D eigenvalue weighted by atomic mass is 79.9. The molecule has 1 aliphatic heterocycles. The van der Waals surface area contributed by atoms with Crippen LogP contribution in [0.5, 0.6) is 0 Å². The molecule has 1 saturated heterocycles. The number of nitrogens with zero attached hydrogens (tertiary/aromatic N) is 2. The third kappa shape index (κ3) is 6.20. The Morgan fingerprint density at radius 1 is 0.973 bits per heavy atom. The molecule has 0 radical (unpaired) electrons. The zero-order valence-corrected chi connectivity index (χ0v) is 22.5. The molecule has 4 atom stereocenters. The van der Waals surface area contributed by atoms with Crippen molar-refractivity contribution >= 4 is 56.5 Å². The average molecular weight is 591 g/mol. The lowest BCUT2D eigenvalue weighted by Gasteiger charge is -2.40. The topological polar surface area (TPSA) is 123 Å². The number of halogens is 1. The van der Waals surface area contributed by atoms with Gasteiger partial charge in [0.05, 0.1) is 23.2 Å². The molecule has 0 aliphatic carbocycles. The quantitative estimate of drug-likeness (QED) is 0.240. The fraction of sp³-hybridized carbons (Fsp3) is 0.320. The molecule has 0 amide bonds. The van der Waals surface area contributed by atoms with Gasteiger partial charge in [0.2, 0.25) is 0 Å². The molecule has 1 fully saturated rings. The van der Waals surface area contributed by atoms with Crippen molar-refractivity contribution in [2.75, 3.05) is 6.61 Å². The molecule has 0 bridgehead atoms. The summed E-state index contributed by atoms with van der Waals surface area (Å²) in [6.45, 7) is 3.48. The van der Waals surface area contributed by atoms with Crippen LogP contribution in [0.15, 0.2) is 63.0 Å². The highest BCUT2D eigenvalue weighted by Crippen LogP contribution is 2.35. The predicted molar refractivity (Wildman–Crippen MR) is 137 cm³/mol. The first kappa shape index (κ1) is 26.8. The molecule has 2 aromatic carbocycles. The van der Waals surface area contributed by atoms with Gasteiger partial charge in [-0.05, 0) is 30.3 Å². The standard InChI is InChI=1S/C25H23BrN2O8S/c1-13(29)34-20-12-33-24(22(36-15(3)31)21(20)35-14(2)30)37-25-27-19-10-9-16(26)11-18(19)23(32)28(25)17-7-5-4-6-8-17/h4-11,20-22,24H,12H2,1-3H3/t20-,21-,22+,24-/m1/s1. The van der Waals surface area contributed by atoms with Gasteiger partial charge in [-0.3, -0.25) is 23.7 Å². The number of thioether (sulfide) groups is 1. The number of hydrogen-bond donors (Lipinski definition) is 0. The number of carbonyl (C=O) groups is 3. The Kier molecular flexibility index (Phi) is 8.30. The number of para-hydroxylation sites is 1. The van der Waals surface area contributed by atoms with Crippen molar-refractivity contribution in [1.82, 2.24) is 9.55 Å². The summed E-state index contributed by atoms with van der Waals surface area (Å²) in [5.74, 6) is -1.92. The number of rotatable bonds is 6. The van der Waals surface area contributed by atoms with Gasteiger partial charge in [-0.15, -0.1) is 0 Å². The first-order valence-corrected chi connectivity index (χ1v) is 12.9. The van der Waals surface area contributed by atoms with E-state index in [0.717, 1.165) is 16.2 Å². The van der Waals surface area contributed by atoms with E-state index in [-0.39, 0.29) is 17.3 Å². The van der Waals surface area contributed by atoms with Gasteiger partial charge in [0.1, 0.15) is 0 Å². The van der Waals surface area contributed by atoms with Gasteiger partial charge in [-0.25, -0.2) is 4.98 Å². The van der Waals surface area contributed by atoms with E-state index in [1.54, 1.807) is 42.5 Å². The van der Waals surface area contributed by atoms with Crippen LogP contribution in [-0.4, -0.2) is 57.8 Å². The smallest absolute Gasteiger partial charge is 0.303 e. The third-order valence-electron chi connectivity index (χ3n) is 5.34. The van der Waals surface area contributed by atoms with E-state index in [1.807, 2.05) is 6.07 Å². The van der Waals surface area contributed by atoms with Gasteiger partial charge < -0.3 is 18.9 Å². The van der Waals surface area contributed by atoms with Crippen LogP contribution in [-0.2, 0) is 33.3 Å². The maximum atomic E-state index is 13.6. The summed E-state index contributed by atoms with van der Waals surface area (Å²) in [6.07, 6.45) is -3.29. The molecule has 194 valence electrons. The highest BCUT2D eigenvalue weighted by molar-refractivity contribution is 9.10. The van der Waals surface area contributed by atoms with E-state index >= 15 is 0 Å². The molecule has 37 heavy (non-hydrogen) atoms. The molecule has 0 N–H and O–H groups in total. The maximum Gasteiger partial charge on any atom is 0.303 e. The van der Waals surface area contributed by atoms with Gasteiger partial charge >= 0.3 is 17.9 Å². The fourth-order valence-corrected chi connectivity index (χ4v) is 5.44. The third-order valence-corrected chi connectivity index (χ3v) is 6.95. The Bertz CT molecular complexity index is 1400. The summed E-state index contributed by atoms with van der Waals surface area (Å²) >= 11 is 4.43. The molecular formula is C25H23BrN2O8S. The summed E-state index contributed by atoms with van der Waals surface area (Å²) in [6, 6.07) is 14.1. The molecule has 3 aromatic rings. The Labute approximate surface area is 224 Å². The molecule has 1 aliphatic rings. The Morgan fingerprint density at radius 3 is 2.27 bits per heavy atom. The number of ether oxygens (including phenoxy) is 4. The Hall–Kier alpha value is -3.22. The van der Waals surface area contributed by atoms with E-state index < -0.39 is 41.7 Å². The van der Waals surface area contributed by atoms with E-state index in [0.29, 0.717) is 16.6 Å². The van der Waals surface area contributed by atoms with Crippen molar-refractivity contribution < 1.29 is 33.3 Å². The van der Waals surface area contributed by atoms with Crippen molar-refractivity contribution in [1.29, 1.82) is 0 Å². The van der Waals surface area contributed by atoms with Gasteiger partial charge in [0.25, 0.3) is 5.56 Å². The van der Waals surface area contributed by atoms with Crippen molar-refractivity contribution in [3.05, 3.63) is 63.4 Å². The summed E-state index contributed by atoms with van der Waals surface area (Å²) in [4.78, 5) is 53.9. The van der Waals surface area contributed by atoms with Gasteiger partial charge in [-0.1, -0.05) is 45.9 Å². The van der Waals surface area contributed by atoms with Gasteiger partial charge in [-0.2, -0.15) is 0 Å². The van der Waals surface area contributed by atoms with E-state index in [9.17, 15) is 19.2 Å². The first-order chi connectivity index (χ1) is 17.6. The lowest BCUT2D eigenvalue weighted by Crippen LogP contribution is -2.56. The summed E-state index contributed by atoms with van der Waals surface area (Å²) in [5.41, 5.74) is -0.236. The molecule has 4 rings (SSSR count). The van der Waals surface area contributed by atoms with Crippen LogP contribution in [0.4, 0.5) is 0 Å². The molecule has 2 heterocycles. The second-order valence-electron chi connectivity index (χ2n) is 8.15. The molecule has 0 unspecified atom stereocenters. The number of hydrogen-bond acceptors (Lipinski definition) is 10. The van der Waals surface area contributed by atoms with Crippen LogP contribution in [0.3, 0.4) is 0 Å². The minimum Gasteiger partial charge on any atom is -0.456 e. The molecule has 1 aromatic heterocycles. The Morgan fingerprint density at radius 2 is 1.62 bits per heavy atom. The van der Waals surface area contributed by atoms with Crippen LogP contribution in [0.1, 0.15) is 20.8 Å². The highest BCUT2D eigenvalue weighted by Gasteiger charge is 2.47.